The monoisotopic (exact) mass is 445 g/mol. The number of nitrogens with zero attached hydrogens (tertiary/aromatic N) is 2. The number of hydrogen-bond donors (Lipinski definition) is 2. The number of benzene rings is 1. The molecule has 0 aliphatic heterocycles. The van der Waals surface area contributed by atoms with Gasteiger partial charge in [-0.15, -0.1) is 0 Å². The Bertz CT molecular complexity index is 953. The molecule has 1 aliphatic carbocycles. The standard InChI is InChI=1S/C18H21N3O3S.C5H11N/c1-13-16(19-9-8-17(13)24-11-5-10-23-2)12-25(22)18-20-14-6-3-4-7-15(14)21-18;6-5-3-1-2-4-5/h3-4,6-9H,5,10-12H2,1-2H3,(H,20,21);5H,1-4,6H2/p+1. The minimum atomic E-state index is -1.30. The Morgan fingerprint density at radius 2 is 1.97 bits per heavy atom. The lowest BCUT2D eigenvalue weighted by atomic mass is 10.2. The average Bonchev–Trinajstić information content (AvgIpc) is 3.43. The van der Waals surface area contributed by atoms with E-state index in [-0.39, 0.29) is 0 Å². The Hall–Kier alpha value is -2.29. The van der Waals surface area contributed by atoms with E-state index in [0.29, 0.717) is 24.1 Å². The van der Waals surface area contributed by atoms with Gasteiger partial charge >= 0.3 is 0 Å². The molecule has 7 nitrogen and oxygen atoms in total. The van der Waals surface area contributed by atoms with Crippen LogP contribution in [0.1, 0.15) is 43.4 Å². The van der Waals surface area contributed by atoms with E-state index in [9.17, 15) is 4.21 Å². The number of H-pyrrole nitrogens is 1. The van der Waals surface area contributed by atoms with E-state index >= 15 is 0 Å². The first-order valence-corrected chi connectivity index (χ1v) is 12.1. The largest absolute Gasteiger partial charge is 0.493 e. The lowest BCUT2D eigenvalue weighted by molar-refractivity contribution is -0.417. The SMILES string of the molecule is COCCCOc1ccnc(CS(=O)c2nc3ccccc3[nH]2)c1C.[NH3+]C1CCCC1. The Balaban J connectivity index is 0.000000391. The molecule has 0 bridgehead atoms. The van der Waals surface area contributed by atoms with Gasteiger partial charge in [0.1, 0.15) is 5.75 Å². The summed E-state index contributed by atoms with van der Waals surface area (Å²) in [4.78, 5) is 11.9. The molecule has 1 fully saturated rings. The summed E-state index contributed by atoms with van der Waals surface area (Å²) in [6, 6.07) is 10.3. The molecule has 31 heavy (non-hydrogen) atoms. The Kier molecular flexibility index (Phi) is 8.99. The third kappa shape index (κ3) is 6.85. The van der Waals surface area contributed by atoms with Crippen molar-refractivity contribution in [3.05, 3.63) is 47.8 Å². The molecule has 1 aromatic carbocycles. The van der Waals surface area contributed by atoms with Gasteiger partial charge in [0, 0.05) is 31.9 Å². The van der Waals surface area contributed by atoms with Crippen molar-refractivity contribution in [2.24, 2.45) is 0 Å². The Labute approximate surface area is 186 Å². The van der Waals surface area contributed by atoms with Crippen LogP contribution >= 0.6 is 0 Å². The minimum Gasteiger partial charge on any atom is -0.493 e. The topological polar surface area (TPSA) is 105 Å². The van der Waals surface area contributed by atoms with Gasteiger partial charge in [-0.2, -0.15) is 0 Å². The number of aromatic amines is 1. The van der Waals surface area contributed by atoms with Crippen molar-refractivity contribution in [1.82, 2.24) is 15.0 Å². The molecule has 3 aromatic rings. The van der Waals surface area contributed by atoms with E-state index in [1.165, 1.54) is 25.7 Å². The molecule has 0 saturated heterocycles. The van der Waals surface area contributed by atoms with Crippen molar-refractivity contribution in [1.29, 1.82) is 0 Å². The number of imidazole rings is 1. The highest BCUT2D eigenvalue weighted by Crippen LogP contribution is 2.22. The fourth-order valence-corrected chi connectivity index (χ4v) is 4.59. The number of nitrogens with one attached hydrogen (secondary N) is 1. The number of pyridine rings is 1. The summed E-state index contributed by atoms with van der Waals surface area (Å²) in [5.41, 5.74) is 7.29. The smallest absolute Gasteiger partial charge is 0.197 e. The van der Waals surface area contributed by atoms with Crippen LogP contribution in [0.15, 0.2) is 41.7 Å². The maximum atomic E-state index is 12.7. The number of hydrogen-bond acceptors (Lipinski definition) is 5. The Morgan fingerprint density at radius 3 is 2.65 bits per heavy atom. The second kappa shape index (κ2) is 11.9. The Morgan fingerprint density at radius 1 is 1.19 bits per heavy atom. The molecule has 1 unspecified atom stereocenters. The predicted molar refractivity (Wildman–Crippen MR) is 122 cm³/mol. The van der Waals surface area contributed by atoms with Gasteiger partial charge in [-0.1, -0.05) is 12.1 Å². The molecule has 2 aromatic heterocycles. The van der Waals surface area contributed by atoms with Crippen molar-refractivity contribution >= 4 is 21.8 Å². The summed E-state index contributed by atoms with van der Waals surface area (Å²) in [6.45, 7) is 3.17. The number of fused-ring (bicyclic) bond motifs is 1. The zero-order valence-corrected chi connectivity index (χ0v) is 19.2. The van der Waals surface area contributed by atoms with Gasteiger partial charge in [0.05, 0.1) is 45.9 Å². The van der Waals surface area contributed by atoms with Gasteiger partial charge in [0.25, 0.3) is 0 Å². The third-order valence-electron chi connectivity index (χ3n) is 5.33. The van der Waals surface area contributed by atoms with E-state index in [0.717, 1.165) is 40.5 Å². The molecule has 0 amide bonds. The number of rotatable bonds is 8. The normalized spacial score (nSPS) is 14.9. The summed E-state index contributed by atoms with van der Waals surface area (Å²) in [5, 5.41) is 0.466. The first-order chi connectivity index (χ1) is 15.1. The summed E-state index contributed by atoms with van der Waals surface area (Å²) >= 11 is 0. The molecule has 1 aliphatic rings. The van der Waals surface area contributed by atoms with Crippen LogP contribution in [-0.4, -0.2) is 45.5 Å². The van der Waals surface area contributed by atoms with Gasteiger partial charge in [-0.3, -0.25) is 9.19 Å². The van der Waals surface area contributed by atoms with Crippen molar-refractivity contribution in [2.45, 2.75) is 56.0 Å². The number of ether oxygens (including phenoxy) is 2. The van der Waals surface area contributed by atoms with Gasteiger partial charge in [0.2, 0.25) is 0 Å². The van der Waals surface area contributed by atoms with Crippen molar-refractivity contribution in [2.75, 3.05) is 20.3 Å². The number of methoxy groups -OCH3 is 1. The molecular formula is C23H33N4O3S+. The van der Waals surface area contributed by atoms with Crippen LogP contribution in [0.5, 0.6) is 5.75 Å². The molecule has 1 saturated carbocycles. The highest BCUT2D eigenvalue weighted by molar-refractivity contribution is 7.84. The van der Waals surface area contributed by atoms with E-state index in [2.05, 4.69) is 20.7 Å². The zero-order valence-electron chi connectivity index (χ0n) is 18.4. The van der Waals surface area contributed by atoms with Crippen molar-refractivity contribution in [3.63, 3.8) is 0 Å². The molecule has 168 valence electrons. The minimum absolute atomic E-state index is 0.293. The molecule has 2 heterocycles. The maximum absolute atomic E-state index is 12.7. The first-order valence-electron chi connectivity index (χ1n) is 10.8. The summed E-state index contributed by atoms with van der Waals surface area (Å²) in [5.74, 6) is 1.06. The summed E-state index contributed by atoms with van der Waals surface area (Å²) in [7, 11) is 0.371. The maximum Gasteiger partial charge on any atom is 0.197 e. The molecule has 4 rings (SSSR count). The van der Waals surface area contributed by atoms with Crippen LogP contribution < -0.4 is 10.5 Å². The van der Waals surface area contributed by atoms with Gasteiger partial charge in [-0.25, -0.2) is 4.98 Å². The van der Waals surface area contributed by atoms with Crippen LogP contribution in [0.2, 0.25) is 0 Å². The number of aromatic nitrogens is 3. The molecule has 0 spiro atoms. The van der Waals surface area contributed by atoms with Crippen LogP contribution in [0.3, 0.4) is 0 Å². The van der Waals surface area contributed by atoms with Crippen LogP contribution in [-0.2, 0) is 21.3 Å². The fourth-order valence-electron chi connectivity index (χ4n) is 3.49. The third-order valence-corrected chi connectivity index (χ3v) is 6.50. The fraction of sp³-hybridized carbons (Fsp3) is 0.478. The molecule has 1 atom stereocenters. The number of para-hydroxylation sites is 2. The highest BCUT2D eigenvalue weighted by atomic mass is 32.2. The van der Waals surface area contributed by atoms with Gasteiger partial charge in [-0.05, 0) is 50.8 Å². The molecule has 8 heteroatoms. The van der Waals surface area contributed by atoms with Crippen LogP contribution in [0, 0.1) is 6.92 Å². The quantitative estimate of drug-likeness (QED) is 0.518. The van der Waals surface area contributed by atoms with E-state index < -0.39 is 10.8 Å². The van der Waals surface area contributed by atoms with E-state index in [1.807, 2.05) is 37.3 Å². The van der Waals surface area contributed by atoms with Gasteiger partial charge < -0.3 is 20.2 Å². The predicted octanol–water partition coefficient (Wildman–Crippen LogP) is 3.16. The lowest BCUT2D eigenvalue weighted by Gasteiger charge is -2.11. The van der Waals surface area contributed by atoms with Crippen LogP contribution in [0.4, 0.5) is 0 Å². The lowest BCUT2D eigenvalue weighted by Crippen LogP contribution is -2.59. The van der Waals surface area contributed by atoms with E-state index in [1.54, 1.807) is 13.3 Å². The first kappa shape index (κ1) is 23.4. The second-order valence-corrected chi connectivity index (χ2v) is 9.14. The summed E-state index contributed by atoms with van der Waals surface area (Å²) in [6.07, 6.45) is 8.10. The molecule has 0 radical (unpaired) electrons. The van der Waals surface area contributed by atoms with Gasteiger partial charge in [0.15, 0.2) is 5.16 Å². The van der Waals surface area contributed by atoms with Crippen LogP contribution in [0.25, 0.3) is 11.0 Å². The van der Waals surface area contributed by atoms with Crippen molar-refractivity contribution < 1.29 is 19.4 Å². The average molecular weight is 446 g/mol. The molecule has 4 N–H and O–H groups in total. The highest BCUT2D eigenvalue weighted by Gasteiger charge is 2.15. The van der Waals surface area contributed by atoms with Crippen molar-refractivity contribution in [3.8, 4) is 5.75 Å². The zero-order chi connectivity index (χ0) is 22.1. The summed E-state index contributed by atoms with van der Waals surface area (Å²) < 4.78 is 23.5. The number of quaternary nitrogens is 1. The second-order valence-electron chi connectivity index (χ2n) is 7.78. The molecular weight excluding hydrogens is 412 g/mol. The van der Waals surface area contributed by atoms with E-state index in [4.69, 9.17) is 9.47 Å².